The largest absolute Gasteiger partial charge is 0.417 e. The van der Waals surface area contributed by atoms with Gasteiger partial charge in [0.05, 0.1) is 16.8 Å². The number of aromatic nitrogens is 1. The van der Waals surface area contributed by atoms with Gasteiger partial charge in [-0.1, -0.05) is 0 Å². The quantitative estimate of drug-likeness (QED) is 0.645. The first-order valence-corrected chi connectivity index (χ1v) is 3.82. The minimum absolute atomic E-state index is 0.111. The van der Waals surface area contributed by atoms with Crippen LogP contribution >= 0.6 is 0 Å². The Morgan fingerprint density at radius 3 is 2.36 bits per heavy atom. The van der Waals surface area contributed by atoms with Crippen molar-refractivity contribution >= 4 is 0 Å². The highest BCUT2D eigenvalue weighted by molar-refractivity contribution is 5.43. The van der Waals surface area contributed by atoms with Crippen LogP contribution in [0, 0.1) is 25.2 Å². The Morgan fingerprint density at radius 1 is 1.36 bits per heavy atom. The Balaban J connectivity index is 3.50. The van der Waals surface area contributed by atoms with Crippen molar-refractivity contribution in [3.05, 3.63) is 28.6 Å². The molecule has 0 unspecified atom stereocenters. The zero-order valence-corrected chi connectivity index (χ0v) is 7.61. The molecule has 1 aromatic rings. The minimum atomic E-state index is -4.50. The number of alkyl halides is 3. The number of nitrogens with zero attached hydrogens (tertiary/aromatic N) is 2. The Hall–Kier alpha value is -1.57. The van der Waals surface area contributed by atoms with Crippen molar-refractivity contribution in [1.29, 1.82) is 5.26 Å². The average Bonchev–Trinajstić information content (AvgIpc) is 2.01. The van der Waals surface area contributed by atoms with E-state index in [1.54, 1.807) is 0 Å². The highest BCUT2D eigenvalue weighted by Gasteiger charge is 2.34. The van der Waals surface area contributed by atoms with E-state index in [0.717, 1.165) is 6.07 Å². The Bertz CT molecular complexity index is 402. The number of pyridine rings is 1. The molecule has 74 valence electrons. The van der Waals surface area contributed by atoms with Gasteiger partial charge in [-0.15, -0.1) is 0 Å². The van der Waals surface area contributed by atoms with E-state index in [4.69, 9.17) is 5.26 Å². The first kappa shape index (κ1) is 10.5. The SMILES string of the molecule is Cc1cc(C(F)(F)F)c(C#N)c(C)n1. The predicted octanol–water partition coefficient (Wildman–Crippen LogP) is 2.59. The molecule has 0 aliphatic rings. The molecule has 1 rings (SSSR count). The molecule has 0 N–H and O–H groups in total. The van der Waals surface area contributed by atoms with E-state index in [1.807, 2.05) is 0 Å². The van der Waals surface area contributed by atoms with E-state index in [1.165, 1.54) is 19.9 Å². The normalized spacial score (nSPS) is 11.1. The molecule has 1 aromatic heterocycles. The molecule has 0 atom stereocenters. The van der Waals surface area contributed by atoms with Crippen molar-refractivity contribution in [3.63, 3.8) is 0 Å². The van der Waals surface area contributed by atoms with Crippen LogP contribution in [0.4, 0.5) is 13.2 Å². The highest BCUT2D eigenvalue weighted by atomic mass is 19.4. The first-order valence-electron chi connectivity index (χ1n) is 3.82. The van der Waals surface area contributed by atoms with Gasteiger partial charge in [0.15, 0.2) is 0 Å². The van der Waals surface area contributed by atoms with Gasteiger partial charge in [0.25, 0.3) is 0 Å². The van der Waals surface area contributed by atoms with Crippen molar-refractivity contribution in [1.82, 2.24) is 4.98 Å². The molecule has 5 heteroatoms. The average molecular weight is 200 g/mol. The molecule has 0 bridgehead atoms. The summed E-state index contributed by atoms with van der Waals surface area (Å²) in [7, 11) is 0. The molecule has 2 nitrogen and oxygen atoms in total. The fourth-order valence-electron chi connectivity index (χ4n) is 1.19. The van der Waals surface area contributed by atoms with Crippen molar-refractivity contribution in [2.24, 2.45) is 0 Å². The van der Waals surface area contributed by atoms with Crippen molar-refractivity contribution in [2.45, 2.75) is 20.0 Å². The number of hydrogen-bond donors (Lipinski definition) is 0. The monoisotopic (exact) mass is 200 g/mol. The smallest absolute Gasteiger partial charge is 0.257 e. The third-order valence-corrected chi connectivity index (χ3v) is 1.75. The standard InChI is InChI=1S/C9H7F3N2/c1-5-3-8(9(10,11)12)7(4-13)6(2)14-5/h3H,1-2H3. The van der Waals surface area contributed by atoms with Gasteiger partial charge < -0.3 is 0 Å². The van der Waals surface area contributed by atoms with Crippen LogP contribution in [-0.2, 0) is 6.18 Å². The molecule has 0 saturated carbocycles. The van der Waals surface area contributed by atoms with Crippen LogP contribution in [0.15, 0.2) is 6.07 Å². The molecule has 0 amide bonds. The van der Waals surface area contributed by atoms with Gasteiger partial charge in [-0.3, -0.25) is 4.98 Å². The molecule has 0 aliphatic heterocycles. The first-order chi connectivity index (χ1) is 6.36. The summed E-state index contributed by atoms with van der Waals surface area (Å²) in [6, 6.07) is 2.40. The van der Waals surface area contributed by atoms with Gasteiger partial charge in [-0.2, -0.15) is 18.4 Å². The Morgan fingerprint density at radius 2 is 1.93 bits per heavy atom. The van der Waals surface area contributed by atoms with Gasteiger partial charge in [0, 0.05) is 5.69 Å². The molecule has 0 fully saturated rings. The predicted molar refractivity (Wildman–Crippen MR) is 43.4 cm³/mol. The third-order valence-electron chi connectivity index (χ3n) is 1.75. The lowest BCUT2D eigenvalue weighted by Crippen LogP contribution is -2.10. The molecular weight excluding hydrogens is 193 g/mol. The fourth-order valence-corrected chi connectivity index (χ4v) is 1.19. The lowest BCUT2D eigenvalue weighted by atomic mass is 10.1. The van der Waals surface area contributed by atoms with Crippen LogP contribution in [-0.4, -0.2) is 4.98 Å². The van der Waals surface area contributed by atoms with Gasteiger partial charge in [0.1, 0.15) is 6.07 Å². The van der Waals surface area contributed by atoms with Crippen LogP contribution in [0.25, 0.3) is 0 Å². The van der Waals surface area contributed by atoms with E-state index in [9.17, 15) is 13.2 Å². The van der Waals surface area contributed by atoms with E-state index < -0.39 is 17.3 Å². The highest BCUT2D eigenvalue weighted by Crippen LogP contribution is 2.32. The molecule has 1 heterocycles. The summed E-state index contributed by atoms with van der Waals surface area (Å²) in [6.07, 6.45) is -4.50. The molecule has 0 aromatic carbocycles. The second-order valence-corrected chi connectivity index (χ2v) is 2.88. The maximum Gasteiger partial charge on any atom is 0.417 e. The lowest BCUT2D eigenvalue weighted by Gasteiger charge is -2.10. The summed E-state index contributed by atoms with van der Waals surface area (Å²) >= 11 is 0. The minimum Gasteiger partial charge on any atom is -0.257 e. The number of rotatable bonds is 0. The van der Waals surface area contributed by atoms with Gasteiger partial charge in [-0.25, -0.2) is 0 Å². The number of aryl methyl sites for hydroxylation is 2. The number of nitriles is 1. The maximum atomic E-state index is 12.4. The van der Waals surface area contributed by atoms with Crippen LogP contribution in [0.2, 0.25) is 0 Å². The van der Waals surface area contributed by atoms with Crippen molar-refractivity contribution in [3.8, 4) is 6.07 Å². The summed E-state index contributed by atoms with van der Waals surface area (Å²) in [4.78, 5) is 3.80. The molecule has 14 heavy (non-hydrogen) atoms. The molecular formula is C9H7F3N2. The summed E-state index contributed by atoms with van der Waals surface area (Å²) in [6.45, 7) is 2.85. The van der Waals surface area contributed by atoms with E-state index in [2.05, 4.69) is 4.98 Å². The maximum absolute atomic E-state index is 12.4. The second-order valence-electron chi connectivity index (χ2n) is 2.88. The number of hydrogen-bond acceptors (Lipinski definition) is 2. The molecule has 0 radical (unpaired) electrons. The Kier molecular flexibility index (Phi) is 2.47. The van der Waals surface area contributed by atoms with Crippen molar-refractivity contribution < 1.29 is 13.2 Å². The Labute approximate surface area is 79.0 Å². The van der Waals surface area contributed by atoms with Crippen molar-refractivity contribution in [2.75, 3.05) is 0 Å². The third kappa shape index (κ3) is 1.84. The topological polar surface area (TPSA) is 36.7 Å². The number of halogens is 3. The van der Waals surface area contributed by atoms with Crippen LogP contribution in [0.1, 0.15) is 22.5 Å². The zero-order valence-electron chi connectivity index (χ0n) is 7.61. The van der Waals surface area contributed by atoms with Gasteiger partial charge in [-0.05, 0) is 19.9 Å². The summed E-state index contributed by atoms with van der Waals surface area (Å²) in [5, 5.41) is 8.56. The summed E-state index contributed by atoms with van der Waals surface area (Å²) in [5.74, 6) is 0. The van der Waals surface area contributed by atoms with Crippen LogP contribution < -0.4 is 0 Å². The second kappa shape index (κ2) is 3.29. The van der Waals surface area contributed by atoms with Gasteiger partial charge in [0.2, 0.25) is 0 Å². The molecule has 0 saturated heterocycles. The fraction of sp³-hybridized carbons (Fsp3) is 0.333. The van der Waals surface area contributed by atoms with Gasteiger partial charge >= 0.3 is 6.18 Å². The summed E-state index contributed by atoms with van der Waals surface area (Å²) in [5.41, 5.74) is -0.943. The van der Waals surface area contributed by atoms with E-state index >= 15 is 0 Å². The molecule has 0 spiro atoms. The van der Waals surface area contributed by atoms with E-state index in [-0.39, 0.29) is 11.4 Å². The summed E-state index contributed by atoms with van der Waals surface area (Å²) < 4.78 is 37.2. The molecule has 0 aliphatic carbocycles. The zero-order chi connectivity index (χ0) is 10.9. The lowest BCUT2D eigenvalue weighted by molar-refractivity contribution is -0.137. The van der Waals surface area contributed by atoms with Crippen LogP contribution in [0.3, 0.4) is 0 Å². The van der Waals surface area contributed by atoms with Crippen LogP contribution in [0.5, 0.6) is 0 Å². The van der Waals surface area contributed by atoms with E-state index in [0.29, 0.717) is 0 Å².